The van der Waals surface area contributed by atoms with Crippen molar-refractivity contribution in [3.8, 4) is 23.0 Å². The summed E-state index contributed by atoms with van der Waals surface area (Å²) in [6, 6.07) is 35.0. The summed E-state index contributed by atoms with van der Waals surface area (Å²) in [5.74, 6) is 1.20. The van der Waals surface area contributed by atoms with Crippen molar-refractivity contribution in [2.45, 2.75) is 78.1 Å². The molecule has 6 rings (SSSR count). The van der Waals surface area contributed by atoms with Gasteiger partial charge in [0.15, 0.2) is 0 Å². The molecule has 0 bridgehead atoms. The molecule has 48 heavy (non-hydrogen) atoms. The van der Waals surface area contributed by atoms with Crippen LogP contribution < -0.4 is 0 Å². The minimum absolute atomic E-state index is 0.123. The Labute approximate surface area is 285 Å². The monoisotopic (exact) mass is 640 g/mol. The maximum Gasteiger partial charge on any atom is 0.119 e. The van der Waals surface area contributed by atoms with Gasteiger partial charge in [0.05, 0.1) is 0 Å². The van der Waals surface area contributed by atoms with Crippen molar-refractivity contribution < 1.29 is 20.4 Å². The highest BCUT2D eigenvalue weighted by Gasteiger charge is 2.29. The van der Waals surface area contributed by atoms with E-state index in [4.69, 9.17) is 0 Å². The Morgan fingerprint density at radius 3 is 1.15 bits per heavy atom. The molecule has 0 heterocycles. The maximum absolute atomic E-state index is 10.4. The van der Waals surface area contributed by atoms with Crippen LogP contribution in [0, 0.1) is 0 Å². The zero-order valence-electron chi connectivity index (χ0n) is 29.4. The minimum Gasteiger partial charge on any atom is -0.508 e. The van der Waals surface area contributed by atoms with Gasteiger partial charge < -0.3 is 20.4 Å². The van der Waals surface area contributed by atoms with Crippen LogP contribution in [0.25, 0.3) is 21.5 Å². The SMILES string of the molecule is CC(C)(C)c1cc(C(C)(C)c2ccc(O)c(C(C)(C)C)c2)ccc1O.Oc1ccc2ccccc2c1Cc1c(O)ccc2ccccc12. The zero-order chi connectivity index (χ0) is 35.0. The summed E-state index contributed by atoms with van der Waals surface area (Å²) in [4.78, 5) is 0. The van der Waals surface area contributed by atoms with Crippen LogP contribution in [0.5, 0.6) is 23.0 Å². The second-order valence-electron chi connectivity index (χ2n) is 15.3. The standard InChI is InChI=1S/C23H32O2.C21H16O2/c1-21(2,3)17-13-15(9-11-19(17)24)23(7,8)16-10-12-20(25)18(14-16)22(4,5)6;22-20-11-9-14-5-1-3-7-16(14)18(20)13-19-17-8-4-2-6-15(17)10-12-21(19)23/h9-14,24-25H,1-8H3;1-12,22-23H,13H2. The summed E-state index contributed by atoms with van der Waals surface area (Å²) in [7, 11) is 0. The van der Waals surface area contributed by atoms with Crippen LogP contribution in [-0.4, -0.2) is 20.4 Å². The van der Waals surface area contributed by atoms with Gasteiger partial charge in [0, 0.05) is 23.0 Å². The van der Waals surface area contributed by atoms with Gasteiger partial charge >= 0.3 is 0 Å². The molecule has 4 heteroatoms. The van der Waals surface area contributed by atoms with Crippen LogP contribution >= 0.6 is 0 Å². The van der Waals surface area contributed by atoms with Crippen LogP contribution in [0.2, 0.25) is 0 Å². The van der Waals surface area contributed by atoms with Gasteiger partial charge in [-0.1, -0.05) is 140 Å². The van der Waals surface area contributed by atoms with E-state index in [1.807, 2.05) is 72.8 Å². The molecule has 0 aromatic heterocycles. The molecule has 4 N–H and O–H groups in total. The van der Waals surface area contributed by atoms with Crippen molar-refractivity contribution in [1.29, 1.82) is 0 Å². The Morgan fingerprint density at radius 1 is 0.417 bits per heavy atom. The van der Waals surface area contributed by atoms with E-state index >= 15 is 0 Å². The fourth-order valence-electron chi connectivity index (χ4n) is 6.41. The highest BCUT2D eigenvalue weighted by atomic mass is 16.3. The lowest BCUT2D eigenvalue weighted by Crippen LogP contribution is -2.22. The quantitative estimate of drug-likeness (QED) is 0.155. The first-order valence-corrected chi connectivity index (χ1v) is 16.6. The second-order valence-corrected chi connectivity index (χ2v) is 15.3. The molecule has 0 aliphatic heterocycles. The van der Waals surface area contributed by atoms with E-state index in [1.165, 1.54) is 0 Å². The van der Waals surface area contributed by atoms with E-state index in [9.17, 15) is 20.4 Å². The third kappa shape index (κ3) is 6.99. The molecule has 0 amide bonds. The van der Waals surface area contributed by atoms with Gasteiger partial charge in [-0.25, -0.2) is 0 Å². The molecule has 0 radical (unpaired) electrons. The predicted octanol–water partition coefficient (Wildman–Crippen LogP) is 11.0. The van der Waals surface area contributed by atoms with Crippen LogP contribution in [-0.2, 0) is 22.7 Å². The summed E-state index contributed by atoms with van der Waals surface area (Å²) in [6.07, 6.45) is 0.486. The molecule has 248 valence electrons. The number of rotatable bonds is 4. The molecule has 0 aliphatic rings. The van der Waals surface area contributed by atoms with E-state index in [2.05, 4.69) is 67.5 Å². The Hall–Kier alpha value is -4.96. The molecular formula is C44H48O4. The zero-order valence-corrected chi connectivity index (χ0v) is 29.4. The number of aromatic hydroxyl groups is 4. The number of phenols is 4. The molecule has 0 spiro atoms. The van der Waals surface area contributed by atoms with Crippen molar-refractivity contribution >= 4 is 21.5 Å². The number of hydrogen-bond donors (Lipinski definition) is 4. The van der Waals surface area contributed by atoms with Gasteiger partial charge in [0.1, 0.15) is 23.0 Å². The summed E-state index contributed by atoms with van der Waals surface area (Å²) in [5.41, 5.74) is 5.41. The fourth-order valence-corrected chi connectivity index (χ4v) is 6.41. The Morgan fingerprint density at radius 2 is 0.771 bits per heavy atom. The van der Waals surface area contributed by atoms with Crippen LogP contribution in [0.4, 0.5) is 0 Å². The number of fused-ring (bicyclic) bond motifs is 2. The molecule has 0 unspecified atom stereocenters. The smallest absolute Gasteiger partial charge is 0.119 e. The van der Waals surface area contributed by atoms with Crippen LogP contribution in [0.1, 0.15) is 88.8 Å². The van der Waals surface area contributed by atoms with Gasteiger partial charge in [0.25, 0.3) is 0 Å². The maximum atomic E-state index is 10.4. The van der Waals surface area contributed by atoms with Crippen LogP contribution in [0.3, 0.4) is 0 Å². The third-order valence-corrected chi connectivity index (χ3v) is 9.44. The largest absolute Gasteiger partial charge is 0.508 e. The number of benzene rings is 6. The van der Waals surface area contributed by atoms with E-state index in [-0.39, 0.29) is 27.7 Å². The van der Waals surface area contributed by atoms with Gasteiger partial charge in [0.2, 0.25) is 0 Å². The van der Waals surface area contributed by atoms with Crippen molar-refractivity contribution in [2.24, 2.45) is 0 Å². The Kier molecular flexibility index (Phi) is 9.25. The molecule has 6 aromatic rings. The minimum atomic E-state index is -0.235. The first kappa shape index (κ1) is 34.4. The lowest BCUT2D eigenvalue weighted by molar-refractivity contribution is 0.444. The lowest BCUT2D eigenvalue weighted by atomic mass is 9.73. The average molecular weight is 641 g/mol. The summed E-state index contributed by atoms with van der Waals surface area (Å²) >= 11 is 0. The van der Waals surface area contributed by atoms with Gasteiger partial charge in [-0.3, -0.25) is 0 Å². The van der Waals surface area contributed by atoms with Gasteiger partial charge in [-0.15, -0.1) is 0 Å². The summed E-state index contributed by atoms with van der Waals surface area (Å²) < 4.78 is 0. The molecule has 0 fully saturated rings. The van der Waals surface area contributed by atoms with Crippen molar-refractivity contribution in [3.63, 3.8) is 0 Å². The molecule has 4 nitrogen and oxygen atoms in total. The normalized spacial score (nSPS) is 12.2. The van der Waals surface area contributed by atoms with Crippen molar-refractivity contribution in [3.05, 3.63) is 143 Å². The molecular weight excluding hydrogens is 592 g/mol. The average Bonchev–Trinajstić information content (AvgIpc) is 3.03. The van der Waals surface area contributed by atoms with Crippen molar-refractivity contribution in [1.82, 2.24) is 0 Å². The highest BCUT2D eigenvalue weighted by molar-refractivity contribution is 5.91. The second kappa shape index (κ2) is 12.9. The fraction of sp³-hybridized carbons (Fsp3) is 0.273. The summed E-state index contributed by atoms with van der Waals surface area (Å²) in [6.45, 7) is 17.0. The summed E-state index contributed by atoms with van der Waals surface area (Å²) in [5, 5.41) is 45.4. The van der Waals surface area contributed by atoms with Gasteiger partial charge in [-0.2, -0.15) is 0 Å². The third-order valence-electron chi connectivity index (χ3n) is 9.44. The highest BCUT2D eigenvalue weighted by Crippen LogP contribution is 2.41. The topological polar surface area (TPSA) is 80.9 Å². The molecule has 0 atom stereocenters. The predicted molar refractivity (Wildman–Crippen MR) is 200 cm³/mol. The van der Waals surface area contributed by atoms with E-state index in [1.54, 1.807) is 24.3 Å². The number of phenolic OH excluding ortho intramolecular Hbond substituents is 4. The van der Waals surface area contributed by atoms with E-state index in [0.717, 1.165) is 54.9 Å². The molecule has 6 aromatic carbocycles. The first-order valence-electron chi connectivity index (χ1n) is 16.6. The Bertz CT molecular complexity index is 1940. The number of hydrogen-bond acceptors (Lipinski definition) is 4. The lowest BCUT2D eigenvalue weighted by Gasteiger charge is -2.31. The van der Waals surface area contributed by atoms with E-state index < -0.39 is 0 Å². The molecule has 0 saturated heterocycles. The van der Waals surface area contributed by atoms with Gasteiger partial charge in [-0.05, 0) is 78.9 Å². The molecule has 0 saturated carbocycles. The molecule has 0 aliphatic carbocycles. The Balaban J connectivity index is 0.000000188. The van der Waals surface area contributed by atoms with E-state index in [0.29, 0.717) is 17.9 Å². The van der Waals surface area contributed by atoms with Crippen molar-refractivity contribution in [2.75, 3.05) is 0 Å². The van der Waals surface area contributed by atoms with Crippen LogP contribution in [0.15, 0.2) is 109 Å². The first-order chi connectivity index (χ1) is 22.5.